The molecular formula is C14H17ClN2O2. The number of halogens is 1. The van der Waals surface area contributed by atoms with Gasteiger partial charge in [0.05, 0.1) is 16.3 Å². The second-order valence-electron chi connectivity index (χ2n) is 4.10. The number of carbonyl (C=O) groups excluding carboxylic acids is 1. The number of anilines is 1. The number of carbonyl (C=O) groups is 1. The van der Waals surface area contributed by atoms with Gasteiger partial charge in [-0.2, -0.15) is 0 Å². The summed E-state index contributed by atoms with van der Waals surface area (Å²) in [5, 5.41) is 0.394. The molecule has 0 atom stereocenters. The maximum Gasteiger partial charge on any atom is 0.252 e. The number of nitrogen functional groups attached to an aromatic ring is 1. The van der Waals surface area contributed by atoms with Crippen LogP contribution in [-0.4, -0.2) is 12.5 Å². The molecule has 0 heterocycles. The van der Waals surface area contributed by atoms with Gasteiger partial charge in [0.25, 0.3) is 5.91 Å². The Kier molecular flexibility index (Phi) is 5.53. The summed E-state index contributed by atoms with van der Waals surface area (Å²) in [6.45, 7) is 2.09. The number of hydrogen-bond acceptors (Lipinski definition) is 3. The number of terminal acetylenes is 1. The molecule has 0 aliphatic rings. The van der Waals surface area contributed by atoms with Gasteiger partial charge in [-0.25, -0.2) is 0 Å². The van der Waals surface area contributed by atoms with Crippen molar-refractivity contribution in [2.45, 2.75) is 26.2 Å². The summed E-state index contributed by atoms with van der Waals surface area (Å²) in [6.07, 6.45) is 7.70. The first-order chi connectivity index (χ1) is 9.02. The third-order valence-electron chi connectivity index (χ3n) is 2.68. The molecule has 0 fully saturated rings. The van der Waals surface area contributed by atoms with Gasteiger partial charge in [0.2, 0.25) is 0 Å². The average molecular weight is 281 g/mol. The lowest BCUT2D eigenvalue weighted by Crippen LogP contribution is -2.15. The van der Waals surface area contributed by atoms with Crippen LogP contribution in [0.4, 0.5) is 5.69 Å². The van der Waals surface area contributed by atoms with E-state index in [0.717, 1.165) is 12.8 Å². The van der Waals surface area contributed by atoms with Crippen molar-refractivity contribution in [1.29, 1.82) is 0 Å². The summed E-state index contributed by atoms with van der Waals surface area (Å²) < 4.78 is 5.43. The van der Waals surface area contributed by atoms with Crippen molar-refractivity contribution in [3.05, 3.63) is 22.2 Å². The van der Waals surface area contributed by atoms with Crippen LogP contribution < -0.4 is 16.2 Å². The number of nitrogens with two attached hydrogens (primary N) is 2. The van der Waals surface area contributed by atoms with Gasteiger partial charge < -0.3 is 16.2 Å². The molecule has 0 spiro atoms. The molecule has 0 aromatic heterocycles. The summed E-state index contributed by atoms with van der Waals surface area (Å²) in [4.78, 5) is 11.5. The van der Waals surface area contributed by atoms with Crippen LogP contribution in [0.5, 0.6) is 5.75 Å². The number of ether oxygens (including phenoxy) is 1. The van der Waals surface area contributed by atoms with Crippen molar-refractivity contribution in [2.24, 2.45) is 5.73 Å². The minimum atomic E-state index is -0.617. The quantitative estimate of drug-likeness (QED) is 0.620. The zero-order valence-corrected chi connectivity index (χ0v) is 11.6. The number of unbranched alkanes of at least 4 members (excludes halogenated alkanes) is 1. The van der Waals surface area contributed by atoms with Crippen LogP contribution in [0.25, 0.3) is 0 Å². The van der Waals surface area contributed by atoms with Crippen LogP contribution >= 0.6 is 11.6 Å². The van der Waals surface area contributed by atoms with Gasteiger partial charge in [0.1, 0.15) is 12.4 Å². The lowest BCUT2D eigenvalue weighted by molar-refractivity contribution is 0.0997. The second-order valence-corrected chi connectivity index (χ2v) is 4.47. The smallest absolute Gasteiger partial charge is 0.252 e. The summed E-state index contributed by atoms with van der Waals surface area (Å²) in [6, 6.07) is 1.42. The minimum Gasteiger partial charge on any atom is -0.480 e. The van der Waals surface area contributed by atoms with E-state index in [1.807, 2.05) is 0 Å². The molecule has 0 saturated carbocycles. The second kappa shape index (κ2) is 6.91. The van der Waals surface area contributed by atoms with Gasteiger partial charge in [-0.1, -0.05) is 30.9 Å². The number of rotatable bonds is 6. The molecule has 0 saturated heterocycles. The SMILES string of the molecule is C#CCOc1c(C(N)=O)cc(N)c(Cl)c1CCCC. The fraction of sp³-hybridized carbons (Fsp3) is 0.357. The van der Waals surface area contributed by atoms with Gasteiger partial charge in [0, 0.05) is 5.56 Å². The molecule has 1 amide bonds. The van der Waals surface area contributed by atoms with E-state index in [2.05, 4.69) is 12.8 Å². The van der Waals surface area contributed by atoms with Gasteiger partial charge >= 0.3 is 0 Å². The Labute approximate surface area is 118 Å². The third kappa shape index (κ3) is 3.55. The fourth-order valence-corrected chi connectivity index (χ4v) is 1.99. The first-order valence-corrected chi connectivity index (χ1v) is 6.37. The monoisotopic (exact) mass is 280 g/mol. The van der Waals surface area contributed by atoms with E-state index in [1.165, 1.54) is 6.07 Å². The Morgan fingerprint density at radius 2 is 2.26 bits per heavy atom. The van der Waals surface area contributed by atoms with Crippen LogP contribution in [0, 0.1) is 12.3 Å². The average Bonchev–Trinajstić information content (AvgIpc) is 2.38. The summed E-state index contributed by atoms with van der Waals surface area (Å²) in [7, 11) is 0. The first kappa shape index (κ1) is 15.2. The molecule has 1 rings (SSSR count). The van der Waals surface area contributed by atoms with E-state index >= 15 is 0 Å². The third-order valence-corrected chi connectivity index (χ3v) is 3.13. The van der Waals surface area contributed by atoms with Crippen LogP contribution in [0.3, 0.4) is 0 Å². The highest BCUT2D eigenvalue weighted by Crippen LogP contribution is 2.36. The highest BCUT2D eigenvalue weighted by atomic mass is 35.5. The predicted octanol–water partition coefficient (Wildman–Crippen LogP) is 2.38. The van der Waals surface area contributed by atoms with Crippen molar-refractivity contribution >= 4 is 23.2 Å². The van der Waals surface area contributed by atoms with Gasteiger partial charge in [-0.05, 0) is 18.9 Å². The Bertz CT molecular complexity index is 521. The molecule has 0 unspecified atom stereocenters. The Hall–Kier alpha value is -1.86. The summed E-state index contributed by atoms with van der Waals surface area (Å²) in [5.41, 5.74) is 12.3. The highest BCUT2D eigenvalue weighted by Gasteiger charge is 2.19. The van der Waals surface area contributed by atoms with Gasteiger partial charge in [0.15, 0.2) is 0 Å². The maximum atomic E-state index is 11.5. The lowest BCUT2D eigenvalue weighted by atomic mass is 10.0. The Morgan fingerprint density at radius 1 is 1.58 bits per heavy atom. The molecule has 102 valence electrons. The molecule has 1 aromatic carbocycles. The molecule has 4 nitrogen and oxygen atoms in total. The molecular weight excluding hydrogens is 264 g/mol. The van der Waals surface area contributed by atoms with Gasteiger partial charge in [-0.15, -0.1) is 6.42 Å². The van der Waals surface area contributed by atoms with Crippen molar-refractivity contribution in [3.63, 3.8) is 0 Å². The summed E-state index contributed by atoms with van der Waals surface area (Å²) in [5.74, 6) is 2.08. The maximum absolute atomic E-state index is 11.5. The van der Waals surface area contributed by atoms with Crippen LogP contribution in [0.1, 0.15) is 35.7 Å². The van der Waals surface area contributed by atoms with E-state index in [4.69, 9.17) is 34.2 Å². The summed E-state index contributed by atoms with van der Waals surface area (Å²) >= 11 is 6.18. The number of primary amides is 1. The minimum absolute atomic E-state index is 0.0413. The normalized spacial score (nSPS) is 9.95. The van der Waals surface area contributed by atoms with E-state index in [-0.39, 0.29) is 12.2 Å². The zero-order valence-electron chi connectivity index (χ0n) is 10.8. The fourth-order valence-electron chi connectivity index (χ4n) is 1.76. The molecule has 0 radical (unpaired) electrons. The molecule has 0 aliphatic carbocycles. The molecule has 5 heteroatoms. The van der Waals surface area contributed by atoms with E-state index < -0.39 is 5.91 Å². The van der Waals surface area contributed by atoms with E-state index in [9.17, 15) is 4.79 Å². The number of hydrogen-bond donors (Lipinski definition) is 2. The van der Waals surface area contributed by atoms with Crippen molar-refractivity contribution in [1.82, 2.24) is 0 Å². The number of amides is 1. The molecule has 19 heavy (non-hydrogen) atoms. The Morgan fingerprint density at radius 3 is 2.79 bits per heavy atom. The molecule has 1 aromatic rings. The zero-order chi connectivity index (χ0) is 14.4. The van der Waals surface area contributed by atoms with Crippen molar-refractivity contribution in [2.75, 3.05) is 12.3 Å². The molecule has 0 bridgehead atoms. The number of benzene rings is 1. The topological polar surface area (TPSA) is 78.3 Å². The Balaban J connectivity index is 3.36. The van der Waals surface area contributed by atoms with Crippen LogP contribution in [-0.2, 0) is 6.42 Å². The van der Waals surface area contributed by atoms with Crippen LogP contribution in [0.15, 0.2) is 6.07 Å². The van der Waals surface area contributed by atoms with Crippen molar-refractivity contribution < 1.29 is 9.53 Å². The molecule has 4 N–H and O–H groups in total. The van der Waals surface area contributed by atoms with E-state index in [0.29, 0.717) is 28.4 Å². The highest BCUT2D eigenvalue weighted by molar-refractivity contribution is 6.34. The van der Waals surface area contributed by atoms with Crippen molar-refractivity contribution in [3.8, 4) is 18.1 Å². The first-order valence-electron chi connectivity index (χ1n) is 5.99. The molecule has 0 aliphatic heterocycles. The standard InChI is InChI=1S/C14H17ClN2O2/c1-3-5-6-9-12(15)11(16)8-10(14(17)18)13(9)19-7-4-2/h2,8H,3,5-7,16H2,1H3,(H2,17,18). The van der Waals surface area contributed by atoms with Gasteiger partial charge in [-0.3, -0.25) is 4.79 Å². The lowest BCUT2D eigenvalue weighted by Gasteiger charge is -2.16. The van der Waals surface area contributed by atoms with Crippen LogP contribution in [0.2, 0.25) is 5.02 Å². The predicted molar refractivity (Wildman–Crippen MR) is 77.3 cm³/mol. The largest absolute Gasteiger partial charge is 0.480 e. The van der Waals surface area contributed by atoms with E-state index in [1.54, 1.807) is 0 Å².